The van der Waals surface area contributed by atoms with Crippen LogP contribution in [0.15, 0.2) is 29.6 Å². The van der Waals surface area contributed by atoms with Gasteiger partial charge in [-0.1, -0.05) is 18.1 Å². The van der Waals surface area contributed by atoms with Crippen molar-refractivity contribution >= 4 is 16.7 Å². The summed E-state index contributed by atoms with van der Waals surface area (Å²) in [6.45, 7) is 3.08. The van der Waals surface area contributed by atoms with Gasteiger partial charge in [0, 0.05) is 17.1 Å². The maximum absolute atomic E-state index is 8.31. The molecule has 0 aliphatic rings. The third kappa shape index (κ3) is 1.78. The second-order valence-electron chi connectivity index (χ2n) is 3.30. The molecule has 76 valence electrons. The Kier molecular flexibility index (Phi) is 2.56. The lowest BCUT2D eigenvalue weighted by molar-refractivity contribution is 0.697. The van der Waals surface area contributed by atoms with Crippen LogP contribution < -0.4 is 0 Å². The fourth-order valence-corrected chi connectivity index (χ4v) is 1.59. The van der Waals surface area contributed by atoms with Crippen LogP contribution in [0.1, 0.15) is 13.3 Å². The van der Waals surface area contributed by atoms with Gasteiger partial charge in [0.05, 0.1) is 17.4 Å². The summed E-state index contributed by atoms with van der Waals surface area (Å²) < 4.78 is 2.09. The van der Waals surface area contributed by atoms with Crippen LogP contribution in [0.5, 0.6) is 0 Å². The molecular formula is C10H11N5. The van der Waals surface area contributed by atoms with Gasteiger partial charge in [-0.05, 0) is 24.1 Å². The number of aromatic nitrogens is 2. The standard InChI is InChI=1S/C10H11N5/c1-2-5-15-7-12-9-6-8(13-14-11)3-4-10(9)15/h3-4,6-7H,2,5H2,1H3. The average Bonchev–Trinajstić information content (AvgIpc) is 2.62. The van der Waals surface area contributed by atoms with Crippen molar-refractivity contribution in [2.45, 2.75) is 19.9 Å². The van der Waals surface area contributed by atoms with E-state index >= 15 is 0 Å². The first-order valence-electron chi connectivity index (χ1n) is 4.85. The average molecular weight is 201 g/mol. The Morgan fingerprint density at radius 3 is 3.13 bits per heavy atom. The first-order valence-corrected chi connectivity index (χ1v) is 4.85. The SMILES string of the molecule is CCCn1cnc2cc(N=[N+]=[N-])ccc21. The molecular weight excluding hydrogens is 190 g/mol. The molecule has 0 aliphatic carbocycles. The van der Waals surface area contributed by atoms with E-state index in [1.165, 1.54) is 0 Å². The monoisotopic (exact) mass is 201 g/mol. The zero-order chi connectivity index (χ0) is 10.7. The molecule has 1 aromatic carbocycles. The van der Waals surface area contributed by atoms with E-state index < -0.39 is 0 Å². The highest BCUT2D eigenvalue weighted by atomic mass is 15.1. The van der Waals surface area contributed by atoms with Gasteiger partial charge in [-0.2, -0.15) is 0 Å². The molecule has 0 N–H and O–H groups in total. The lowest BCUT2D eigenvalue weighted by atomic mass is 10.3. The highest BCUT2D eigenvalue weighted by Gasteiger charge is 2.01. The number of benzene rings is 1. The van der Waals surface area contributed by atoms with Crippen LogP contribution in [0, 0.1) is 0 Å². The van der Waals surface area contributed by atoms with Crippen molar-refractivity contribution in [1.29, 1.82) is 0 Å². The summed E-state index contributed by atoms with van der Waals surface area (Å²) in [6.07, 6.45) is 2.89. The van der Waals surface area contributed by atoms with Gasteiger partial charge in [-0.15, -0.1) is 0 Å². The molecule has 2 aromatic rings. The molecule has 0 aliphatic heterocycles. The summed E-state index contributed by atoms with van der Waals surface area (Å²) in [5.41, 5.74) is 10.9. The molecule has 2 rings (SSSR count). The summed E-state index contributed by atoms with van der Waals surface area (Å²) in [6, 6.07) is 5.53. The van der Waals surface area contributed by atoms with Crippen LogP contribution in [0.4, 0.5) is 5.69 Å². The molecule has 0 unspecified atom stereocenters. The maximum Gasteiger partial charge on any atom is 0.0958 e. The minimum atomic E-state index is 0.603. The lowest BCUT2D eigenvalue weighted by Crippen LogP contribution is -1.93. The smallest absolute Gasteiger partial charge is 0.0958 e. The molecule has 0 spiro atoms. The molecule has 0 bridgehead atoms. The molecule has 0 fully saturated rings. The van der Waals surface area contributed by atoms with Crippen LogP contribution in [-0.4, -0.2) is 9.55 Å². The summed E-state index contributed by atoms with van der Waals surface area (Å²) in [5.74, 6) is 0. The molecule has 5 heteroatoms. The quantitative estimate of drug-likeness (QED) is 0.426. The van der Waals surface area contributed by atoms with Crippen LogP contribution in [0.25, 0.3) is 21.5 Å². The molecule has 0 radical (unpaired) electrons. The second-order valence-corrected chi connectivity index (χ2v) is 3.30. The van der Waals surface area contributed by atoms with E-state index in [9.17, 15) is 0 Å². The van der Waals surface area contributed by atoms with Crippen LogP contribution >= 0.6 is 0 Å². The maximum atomic E-state index is 8.31. The molecule has 5 nitrogen and oxygen atoms in total. The minimum absolute atomic E-state index is 0.603. The number of fused-ring (bicyclic) bond motifs is 1. The van der Waals surface area contributed by atoms with Gasteiger partial charge < -0.3 is 4.57 Å². The zero-order valence-corrected chi connectivity index (χ0v) is 8.46. The molecule has 0 saturated carbocycles. The van der Waals surface area contributed by atoms with Crippen LogP contribution in [0.2, 0.25) is 0 Å². The molecule has 15 heavy (non-hydrogen) atoms. The van der Waals surface area contributed by atoms with Gasteiger partial charge in [0.15, 0.2) is 0 Å². The summed E-state index contributed by atoms with van der Waals surface area (Å²) >= 11 is 0. The number of hydrogen-bond donors (Lipinski definition) is 0. The molecule has 0 amide bonds. The Labute approximate surface area is 87.0 Å². The van der Waals surface area contributed by atoms with E-state index in [-0.39, 0.29) is 0 Å². The van der Waals surface area contributed by atoms with E-state index in [0.29, 0.717) is 5.69 Å². The van der Waals surface area contributed by atoms with Crippen molar-refractivity contribution in [3.63, 3.8) is 0 Å². The van der Waals surface area contributed by atoms with Gasteiger partial charge in [0.2, 0.25) is 0 Å². The highest BCUT2D eigenvalue weighted by Crippen LogP contribution is 2.20. The summed E-state index contributed by atoms with van der Waals surface area (Å²) in [7, 11) is 0. The van der Waals surface area contributed by atoms with E-state index in [0.717, 1.165) is 24.0 Å². The number of hydrogen-bond acceptors (Lipinski definition) is 2. The number of nitrogens with zero attached hydrogens (tertiary/aromatic N) is 5. The predicted molar refractivity (Wildman–Crippen MR) is 58.8 cm³/mol. The normalized spacial score (nSPS) is 10.2. The number of imidazole rings is 1. The van der Waals surface area contributed by atoms with Crippen molar-refractivity contribution < 1.29 is 0 Å². The fourth-order valence-electron chi connectivity index (χ4n) is 1.59. The zero-order valence-electron chi connectivity index (χ0n) is 8.46. The van der Waals surface area contributed by atoms with Gasteiger partial charge in [-0.3, -0.25) is 0 Å². The molecule has 0 atom stereocenters. The Hall–Kier alpha value is -2.00. The Bertz CT molecular complexity index is 522. The van der Waals surface area contributed by atoms with E-state index in [2.05, 4.69) is 26.5 Å². The van der Waals surface area contributed by atoms with Gasteiger partial charge in [-0.25, -0.2) is 4.98 Å². The van der Waals surface area contributed by atoms with Gasteiger partial charge in [0.1, 0.15) is 0 Å². The lowest BCUT2D eigenvalue weighted by Gasteiger charge is -2.00. The Morgan fingerprint density at radius 2 is 2.40 bits per heavy atom. The molecule has 1 aromatic heterocycles. The molecule has 0 saturated heterocycles. The van der Waals surface area contributed by atoms with Crippen LogP contribution in [0.3, 0.4) is 0 Å². The summed E-state index contributed by atoms with van der Waals surface area (Å²) in [4.78, 5) is 7.01. The van der Waals surface area contributed by atoms with Crippen molar-refractivity contribution in [3.8, 4) is 0 Å². The third-order valence-electron chi connectivity index (χ3n) is 2.23. The minimum Gasteiger partial charge on any atom is -0.331 e. The Morgan fingerprint density at radius 1 is 1.53 bits per heavy atom. The second kappa shape index (κ2) is 4.02. The number of rotatable bonds is 3. The first kappa shape index (κ1) is 9.55. The Balaban J connectivity index is 2.51. The predicted octanol–water partition coefficient (Wildman–Crippen LogP) is 3.39. The van der Waals surface area contributed by atoms with E-state index in [1.807, 2.05) is 12.4 Å². The first-order chi connectivity index (χ1) is 7.35. The third-order valence-corrected chi connectivity index (χ3v) is 2.23. The number of aryl methyl sites for hydroxylation is 1. The van der Waals surface area contributed by atoms with Crippen molar-refractivity contribution in [2.75, 3.05) is 0 Å². The summed E-state index contributed by atoms with van der Waals surface area (Å²) in [5, 5.41) is 3.54. The largest absolute Gasteiger partial charge is 0.331 e. The number of azide groups is 1. The van der Waals surface area contributed by atoms with Crippen molar-refractivity contribution in [1.82, 2.24) is 9.55 Å². The van der Waals surface area contributed by atoms with Crippen LogP contribution in [-0.2, 0) is 6.54 Å². The van der Waals surface area contributed by atoms with E-state index in [1.54, 1.807) is 12.1 Å². The van der Waals surface area contributed by atoms with Gasteiger partial charge >= 0.3 is 0 Å². The van der Waals surface area contributed by atoms with E-state index in [4.69, 9.17) is 5.53 Å². The van der Waals surface area contributed by atoms with Crippen molar-refractivity contribution in [3.05, 3.63) is 35.0 Å². The molecule has 1 heterocycles. The highest BCUT2D eigenvalue weighted by molar-refractivity contribution is 5.78. The fraction of sp³-hybridized carbons (Fsp3) is 0.300. The topological polar surface area (TPSA) is 66.6 Å². The van der Waals surface area contributed by atoms with Gasteiger partial charge in [0.25, 0.3) is 0 Å². The van der Waals surface area contributed by atoms with Crippen molar-refractivity contribution in [2.24, 2.45) is 5.11 Å².